The number of pyridine rings is 1. The minimum atomic E-state index is 0.476. The molecule has 1 aromatic rings. The van der Waals surface area contributed by atoms with Gasteiger partial charge in [-0.1, -0.05) is 0 Å². The summed E-state index contributed by atoms with van der Waals surface area (Å²) >= 11 is 5.61. The van der Waals surface area contributed by atoms with Crippen molar-refractivity contribution in [3.8, 4) is 5.75 Å². The van der Waals surface area contributed by atoms with Gasteiger partial charge in [-0.05, 0) is 18.6 Å². The highest BCUT2D eigenvalue weighted by Crippen LogP contribution is 2.16. The predicted octanol–water partition coefficient (Wildman–Crippen LogP) is 2.14. The highest BCUT2D eigenvalue weighted by atomic mass is 35.5. The minimum Gasteiger partial charge on any atom is -0.495 e. The lowest BCUT2D eigenvalue weighted by atomic mass is 10.2. The molecule has 0 saturated carbocycles. The summed E-state index contributed by atoms with van der Waals surface area (Å²) in [6, 6.07) is 1.90. The Labute approximate surface area is 71.2 Å². The van der Waals surface area contributed by atoms with Crippen molar-refractivity contribution in [3.63, 3.8) is 0 Å². The summed E-state index contributed by atoms with van der Waals surface area (Å²) < 4.78 is 5.07. The van der Waals surface area contributed by atoms with Crippen molar-refractivity contribution in [1.82, 2.24) is 4.98 Å². The molecule has 0 aliphatic heterocycles. The molecule has 0 aliphatic rings. The van der Waals surface area contributed by atoms with Gasteiger partial charge in [-0.2, -0.15) is 0 Å². The third kappa shape index (κ3) is 1.84. The summed E-state index contributed by atoms with van der Waals surface area (Å²) in [4.78, 5) is 4.11. The first-order valence-corrected chi connectivity index (χ1v) is 3.87. The van der Waals surface area contributed by atoms with Crippen LogP contribution in [0, 0.1) is 6.92 Å². The molecule has 0 amide bonds. The standard InChI is InChI=1S/C8H10ClNO/c1-6-8(11-2)3-7(4-9)5-10-6/h3,5H,4H2,1-2H3. The molecule has 0 aliphatic carbocycles. The van der Waals surface area contributed by atoms with Crippen molar-refractivity contribution < 1.29 is 4.74 Å². The van der Waals surface area contributed by atoms with Crippen molar-refractivity contribution in [2.24, 2.45) is 0 Å². The first kappa shape index (κ1) is 8.34. The Morgan fingerprint density at radius 3 is 2.91 bits per heavy atom. The van der Waals surface area contributed by atoms with Crippen molar-refractivity contribution in [3.05, 3.63) is 23.5 Å². The van der Waals surface area contributed by atoms with E-state index in [4.69, 9.17) is 16.3 Å². The number of halogens is 1. The fraction of sp³-hybridized carbons (Fsp3) is 0.375. The van der Waals surface area contributed by atoms with Crippen LogP contribution >= 0.6 is 11.6 Å². The summed E-state index contributed by atoms with van der Waals surface area (Å²) in [5, 5.41) is 0. The highest BCUT2D eigenvalue weighted by Gasteiger charge is 1.99. The summed E-state index contributed by atoms with van der Waals surface area (Å²) in [5.74, 6) is 1.27. The number of aryl methyl sites for hydroxylation is 1. The van der Waals surface area contributed by atoms with E-state index < -0.39 is 0 Å². The molecule has 0 unspecified atom stereocenters. The second-order valence-corrected chi connectivity index (χ2v) is 2.53. The maximum atomic E-state index is 5.61. The van der Waals surface area contributed by atoms with Gasteiger partial charge in [0.05, 0.1) is 12.8 Å². The molecule has 60 valence electrons. The SMILES string of the molecule is COc1cc(CCl)cnc1C. The van der Waals surface area contributed by atoms with Gasteiger partial charge in [-0.3, -0.25) is 4.98 Å². The normalized spacial score (nSPS) is 9.73. The predicted molar refractivity (Wildman–Crippen MR) is 45.1 cm³/mol. The number of methoxy groups -OCH3 is 1. The number of hydrogen-bond donors (Lipinski definition) is 0. The lowest BCUT2D eigenvalue weighted by molar-refractivity contribution is 0.409. The van der Waals surface area contributed by atoms with Crippen LogP contribution in [0.4, 0.5) is 0 Å². The second kappa shape index (κ2) is 3.58. The number of hydrogen-bond acceptors (Lipinski definition) is 2. The van der Waals surface area contributed by atoms with Gasteiger partial charge in [0.15, 0.2) is 0 Å². The van der Waals surface area contributed by atoms with Gasteiger partial charge in [-0.25, -0.2) is 0 Å². The van der Waals surface area contributed by atoms with Gasteiger partial charge in [0, 0.05) is 12.1 Å². The smallest absolute Gasteiger partial charge is 0.140 e. The summed E-state index contributed by atoms with van der Waals surface area (Å²) in [5.41, 5.74) is 1.87. The molecule has 1 heterocycles. The van der Waals surface area contributed by atoms with Gasteiger partial charge < -0.3 is 4.74 Å². The fourth-order valence-electron chi connectivity index (χ4n) is 0.833. The lowest BCUT2D eigenvalue weighted by Gasteiger charge is -2.03. The minimum absolute atomic E-state index is 0.476. The van der Waals surface area contributed by atoms with Crippen molar-refractivity contribution in [2.75, 3.05) is 7.11 Å². The zero-order valence-corrected chi connectivity index (χ0v) is 7.35. The average molecular weight is 172 g/mol. The van der Waals surface area contributed by atoms with Gasteiger partial charge in [0.2, 0.25) is 0 Å². The van der Waals surface area contributed by atoms with Crippen LogP contribution < -0.4 is 4.74 Å². The van der Waals surface area contributed by atoms with E-state index in [2.05, 4.69) is 4.98 Å². The Bertz CT molecular complexity index is 250. The number of ether oxygens (including phenoxy) is 1. The summed E-state index contributed by atoms with van der Waals surface area (Å²) in [7, 11) is 1.63. The molecule has 1 rings (SSSR count). The molecular formula is C8H10ClNO. The van der Waals surface area contributed by atoms with Crippen LogP contribution in [0.15, 0.2) is 12.3 Å². The van der Waals surface area contributed by atoms with Gasteiger partial charge >= 0.3 is 0 Å². The highest BCUT2D eigenvalue weighted by molar-refractivity contribution is 6.17. The molecule has 0 atom stereocenters. The average Bonchev–Trinajstić information content (AvgIpc) is 2.05. The van der Waals surface area contributed by atoms with Crippen LogP contribution in [0.3, 0.4) is 0 Å². The van der Waals surface area contributed by atoms with Crippen LogP contribution in [0.1, 0.15) is 11.3 Å². The third-order valence-corrected chi connectivity index (χ3v) is 1.78. The Morgan fingerprint density at radius 1 is 1.64 bits per heavy atom. The van der Waals surface area contributed by atoms with Crippen LogP contribution in [0.2, 0.25) is 0 Å². The van der Waals surface area contributed by atoms with Crippen molar-refractivity contribution in [2.45, 2.75) is 12.8 Å². The van der Waals surface area contributed by atoms with Gasteiger partial charge in [0.1, 0.15) is 5.75 Å². The molecular weight excluding hydrogens is 162 g/mol. The van der Waals surface area contributed by atoms with Crippen LogP contribution in [0.5, 0.6) is 5.75 Å². The van der Waals surface area contributed by atoms with E-state index in [-0.39, 0.29) is 0 Å². The Morgan fingerprint density at radius 2 is 2.36 bits per heavy atom. The van der Waals surface area contributed by atoms with Crippen LogP contribution in [0.25, 0.3) is 0 Å². The van der Waals surface area contributed by atoms with Gasteiger partial charge in [-0.15, -0.1) is 11.6 Å². The molecule has 0 radical (unpaired) electrons. The lowest BCUT2D eigenvalue weighted by Crippen LogP contribution is -1.91. The number of nitrogens with zero attached hydrogens (tertiary/aromatic N) is 1. The number of rotatable bonds is 2. The molecule has 2 nitrogen and oxygen atoms in total. The number of aromatic nitrogens is 1. The quantitative estimate of drug-likeness (QED) is 0.637. The van der Waals surface area contributed by atoms with Crippen LogP contribution in [-0.2, 0) is 5.88 Å². The molecule has 3 heteroatoms. The number of alkyl halides is 1. The van der Waals surface area contributed by atoms with Gasteiger partial charge in [0.25, 0.3) is 0 Å². The molecule has 0 spiro atoms. The Balaban J connectivity index is 3.02. The molecule has 11 heavy (non-hydrogen) atoms. The Kier molecular flexibility index (Phi) is 2.71. The van der Waals surface area contributed by atoms with E-state index in [0.29, 0.717) is 5.88 Å². The van der Waals surface area contributed by atoms with E-state index in [1.54, 1.807) is 13.3 Å². The van der Waals surface area contributed by atoms with Crippen LogP contribution in [-0.4, -0.2) is 12.1 Å². The van der Waals surface area contributed by atoms with E-state index in [1.807, 2.05) is 13.0 Å². The Hall–Kier alpha value is -0.760. The molecule has 0 saturated heterocycles. The first-order chi connectivity index (χ1) is 5.27. The molecule has 0 bridgehead atoms. The maximum Gasteiger partial charge on any atom is 0.140 e. The van der Waals surface area contributed by atoms with E-state index in [1.165, 1.54) is 0 Å². The zero-order valence-electron chi connectivity index (χ0n) is 6.60. The molecule has 0 N–H and O–H groups in total. The summed E-state index contributed by atoms with van der Waals surface area (Å²) in [6.45, 7) is 1.90. The maximum absolute atomic E-state index is 5.61. The van der Waals surface area contributed by atoms with Crippen molar-refractivity contribution in [1.29, 1.82) is 0 Å². The first-order valence-electron chi connectivity index (χ1n) is 3.33. The molecule has 1 aromatic heterocycles. The third-order valence-electron chi connectivity index (χ3n) is 1.47. The van der Waals surface area contributed by atoms with Crippen molar-refractivity contribution >= 4 is 11.6 Å². The summed E-state index contributed by atoms with van der Waals surface area (Å²) in [6.07, 6.45) is 1.75. The van der Waals surface area contributed by atoms with E-state index in [0.717, 1.165) is 17.0 Å². The zero-order chi connectivity index (χ0) is 8.27. The van der Waals surface area contributed by atoms with E-state index in [9.17, 15) is 0 Å². The fourth-order valence-corrected chi connectivity index (χ4v) is 0.979. The topological polar surface area (TPSA) is 22.1 Å². The monoisotopic (exact) mass is 171 g/mol. The molecule has 0 aromatic carbocycles. The molecule has 0 fully saturated rings. The van der Waals surface area contributed by atoms with E-state index >= 15 is 0 Å². The second-order valence-electron chi connectivity index (χ2n) is 2.26. The largest absolute Gasteiger partial charge is 0.495 e.